The van der Waals surface area contributed by atoms with Gasteiger partial charge in [-0.1, -0.05) is 6.42 Å². The van der Waals surface area contributed by atoms with E-state index in [1.165, 1.54) is 25.1 Å². The molecule has 0 aromatic carbocycles. The van der Waals surface area contributed by atoms with Crippen LogP contribution in [0.15, 0.2) is 18.5 Å². The molecule has 1 fully saturated rings. The highest BCUT2D eigenvalue weighted by Crippen LogP contribution is 2.23. The molecule has 3 heteroatoms. The van der Waals surface area contributed by atoms with Crippen LogP contribution >= 0.6 is 0 Å². The van der Waals surface area contributed by atoms with Crippen molar-refractivity contribution in [1.29, 1.82) is 0 Å². The van der Waals surface area contributed by atoms with Crippen molar-refractivity contribution in [3.63, 3.8) is 0 Å². The van der Waals surface area contributed by atoms with Gasteiger partial charge in [0.2, 0.25) is 0 Å². The van der Waals surface area contributed by atoms with Crippen molar-refractivity contribution in [2.75, 3.05) is 6.54 Å². The van der Waals surface area contributed by atoms with E-state index < -0.39 is 0 Å². The highest BCUT2D eigenvalue weighted by atomic mass is 19.1. The van der Waals surface area contributed by atoms with Gasteiger partial charge in [-0.2, -0.15) is 0 Å². The second-order valence-corrected chi connectivity index (χ2v) is 3.40. The fraction of sp³-hybridized carbons (Fsp3) is 0.500. The fourth-order valence-electron chi connectivity index (χ4n) is 1.76. The number of pyridine rings is 1. The highest BCUT2D eigenvalue weighted by Gasteiger charge is 2.17. The first-order valence-corrected chi connectivity index (χ1v) is 4.71. The maximum absolute atomic E-state index is 13.3. The maximum atomic E-state index is 13.3. The van der Waals surface area contributed by atoms with Crippen LogP contribution in [0.2, 0.25) is 0 Å². The summed E-state index contributed by atoms with van der Waals surface area (Å²) in [5, 5.41) is 3.30. The number of aromatic nitrogens is 1. The van der Waals surface area contributed by atoms with Crippen molar-refractivity contribution in [1.82, 2.24) is 10.3 Å². The van der Waals surface area contributed by atoms with Crippen LogP contribution < -0.4 is 5.32 Å². The first-order chi connectivity index (χ1) is 6.38. The Bertz CT molecular complexity index is 282. The van der Waals surface area contributed by atoms with Gasteiger partial charge in [0.25, 0.3) is 0 Å². The molecule has 2 rings (SSSR count). The molecule has 1 N–H and O–H groups in total. The molecule has 1 aliphatic heterocycles. The summed E-state index contributed by atoms with van der Waals surface area (Å²) in [6, 6.07) is 1.59. The van der Waals surface area contributed by atoms with Crippen molar-refractivity contribution >= 4 is 0 Å². The smallest absolute Gasteiger partial charge is 0.131 e. The topological polar surface area (TPSA) is 24.9 Å². The molecule has 1 aromatic rings. The van der Waals surface area contributed by atoms with Gasteiger partial charge in [-0.15, -0.1) is 0 Å². The fourth-order valence-corrected chi connectivity index (χ4v) is 1.76. The Kier molecular flexibility index (Phi) is 2.54. The lowest BCUT2D eigenvalue weighted by atomic mass is 9.99. The average molecular weight is 180 g/mol. The largest absolute Gasteiger partial charge is 0.310 e. The van der Waals surface area contributed by atoms with Crippen LogP contribution in [0, 0.1) is 5.82 Å². The molecule has 0 spiro atoms. The quantitative estimate of drug-likeness (QED) is 0.715. The molecule has 1 atom stereocenters. The Morgan fingerprint density at radius 2 is 2.38 bits per heavy atom. The van der Waals surface area contributed by atoms with Gasteiger partial charge in [0.15, 0.2) is 0 Å². The lowest BCUT2D eigenvalue weighted by molar-refractivity contribution is 0.399. The molecule has 2 nitrogen and oxygen atoms in total. The summed E-state index contributed by atoms with van der Waals surface area (Å²) in [6.07, 6.45) is 6.49. The van der Waals surface area contributed by atoms with Crippen molar-refractivity contribution in [3.8, 4) is 0 Å². The summed E-state index contributed by atoms with van der Waals surface area (Å²) >= 11 is 0. The zero-order chi connectivity index (χ0) is 9.10. The summed E-state index contributed by atoms with van der Waals surface area (Å²) in [5.41, 5.74) is 0.710. The molecule has 0 bridgehead atoms. The number of nitrogens with zero attached hydrogens (tertiary/aromatic N) is 1. The van der Waals surface area contributed by atoms with Gasteiger partial charge in [-0.3, -0.25) is 4.98 Å². The van der Waals surface area contributed by atoms with Crippen LogP contribution in [-0.2, 0) is 0 Å². The van der Waals surface area contributed by atoms with Gasteiger partial charge in [0.1, 0.15) is 5.82 Å². The third kappa shape index (κ3) is 1.86. The molecule has 0 radical (unpaired) electrons. The molecule has 0 saturated carbocycles. The zero-order valence-corrected chi connectivity index (χ0v) is 7.46. The van der Waals surface area contributed by atoms with E-state index in [9.17, 15) is 4.39 Å². The van der Waals surface area contributed by atoms with Crippen LogP contribution in [0.25, 0.3) is 0 Å². The summed E-state index contributed by atoms with van der Waals surface area (Å²) in [5.74, 6) is -0.144. The Morgan fingerprint density at radius 3 is 3.08 bits per heavy atom. The van der Waals surface area contributed by atoms with E-state index in [4.69, 9.17) is 0 Å². The number of piperidine rings is 1. The minimum absolute atomic E-state index is 0.144. The number of nitrogens with one attached hydrogen (secondary N) is 1. The second kappa shape index (κ2) is 3.83. The number of halogens is 1. The normalized spacial score (nSPS) is 23.0. The van der Waals surface area contributed by atoms with E-state index in [1.807, 2.05) is 0 Å². The van der Waals surface area contributed by atoms with Crippen LogP contribution in [0.1, 0.15) is 30.9 Å². The maximum Gasteiger partial charge on any atom is 0.131 e. The molecule has 2 heterocycles. The summed E-state index contributed by atoms with van der Waals surface area (Å²) in [4.78, 5) is 3.94. The average Bonchev–Trinajstić information content (AvgIpc) is 2.20. The molecule has 13 heavy (non-hydrogen) atoms. The first-order valence-electron chi connectivity index (χ1n) is 4.71. The van der Waals surface area contributed by atoms with Crippen LogP contribution in [0.5, 0.6) is 0 Å². The molecule has 0 aliphatic carbocycles. The van der Waals surface area contributed by atoms with Gasteiger partial charge in [-0.05, 0) is 25.5 Å². The van der Waals surface area contributed by atoms with Crippen LogP contribution in [-0.4, -0.2) is 11.5 Å². The lowest BCUT2D eigenvalue weighted by Gasteiger charge is -2.23. The van der Waals surface area contributed by atoms with E-state index in [2.05, 4.69) is 10.3 Å². The van der Waals surface area contributed by atoms with Gasteiger partial charge in [0, 0.05) is 24.0 Å². The molecule has 1 unspecified atom stereocenters. The molecule has 1 saturated heterocycles. The third-order valence-electron chi connectivity index (χ3n) is 2.48. The summed E-state index contributed by atoms with van der Waals surface area (Å²) in [7, 11) is 0. The minimum Gasteiger partial charge on any atom is -0.310 e. The SMILES string of the molecule is Fc1ccncc1C1CCCCN1. The van der Waals surface area contributed by atoms with Crippen molar-refractivity contribution < 1.29 is 4.39 Å². The monoisotopic (exact) mass is 180 g/mol. The number of hydrogen-bond acceptors (Lipinski definition) is 2. The number of hydrogen-bond donors (Lipinski definition) is 1. The van der Waals surface area contributed by atoms with E-state index >= 15 is 0 Å². The predicted molar refractivity (Wildman–Crippen MR) is 48.8 cm³/mol. The van der Waals surface area contributed by atoms with Gasteiger partial charge < -0.3 is 5.32 Å². The van der Waals surface area contributed by atoms with Gasteiger partial charge in [0.05, 0.1) is 0 Å². The number of rotatable bonds is 1. The van der Waals surface area contributed by atoms with E-state index in [0.717, 1.165) is 13.0 Å². The molecular weight excluding hydrogens is 167 g/mol. The van der Waals surface area contributed by atoms with Gasteiger partial charge >= 0.3 is 0 Å². The first kappa shape index (κ1) is 8.63. The molecular formula is C10H13FN2. The predicted octanol–water partition coefficient (Wildman–Crippen LogP) is 2.04. The lowest BCUT2D eigenvalue weighted by Crippen LogP contribution is -2.27. The zero-order valence-electron chi connectivity index (χ0n) is 7.46. The van der Waals surface area contributed by atoms with E-state index in [1.54, 1.807) is 6.20 Å². The Labute approximate surface area is 77.2 Å². The molecule has 0 amide bonds. The van der Waals surface area contributed by atoms with Crippen LogP contribution in [0.3, 0.4) is 0 Å². The van der Waals surface area contributed by atoms with Crippen LogP contribution in [0.4, 0.5) is 4.39 Å². The van der Waals surface area contributed by atoms with Crippen molar-refractivity contribution in [2.45, 2.75) is 25.3 Å². The second-order valence-electron chi connectivity index (χ2n) is 3.40. The highest BCUT2D eigenvalue weighted by molar-refractivity contribution is 5.16. The molecule has 70 valence electrons. The minimum atomic E-state index is -0.144. The standard InChI is InChI=1S/C10H13FN2/c11-9-4-6-12-7-8(9)10-3-1-2-5-13-10/h4,6-7,10,13H,1-3,5H2. The Hall–Kier alpha value is -0.960. The Morgan fingerprint density at radius 1 is 1.46 bits per heavy atom. The summed E-state index contributed by atoms with van der Waals surface area (Å²) < 4.78 is 13.3. The van der Waals surface area contributed by atoms with E-state index in [-0.39, 0.29) is 11.9 Å². The Balaban J connectivity index is 2.18. The molecule has 1 aromatic heterocycles. The van der Waals surface area contributed by atoms with Gasteiger partial charge in [-0.25, -0.2) is 4.39 Å². The molecule has 1 aliphatic rings. The van der Waals surface area contributed by atoms with Crippen molar-refractivity contribution in [3.05, 3.63) is 29.8 Å². The van der Waals surface area contributed by atoms with E-state index in [0.29, 0.717) is 5.56 Å². The van der Waals surface area contributed by atoms with Crippen molar-refractivity contribution in [2.24, 2.45) is 0 Å². The summed E-state index contributed by atoms with van der Waals surface area (Å²) in [6.45, 7) is 0.985. The third-order valence-corrected chi connectivity index (χ3v) is 2.48.